The molecule has 2 atom stereocenters. The smallest absolute Gasteiger partial charge is 0.187 e. The van der Waals surface area contributed by atoms with Crippen molar-refractivity contribution in [2.45, 2.75) is 57.5 Å². The Morgan fingerprint density at radius 1 is 1.08 bits per heavy atom. The fraction of sp³-hybridized carbons (Fsp3) is 0.429. The third-order valence-electron chi connectivity index (χ3n) is 4.73. The van der Waals surface area contributed by atoms with Crippen LogP contribution in [0.15, 0.2) is 48.5 Å². The molecule has 0 aliphatic rings. The van der Waals surface area contributed by atoms with Crippen molar-refractivity contribution < 1.29 is 4.43 Å². The average molecular weight is 410 g/mol. The summed E-state index contributed by atoms with van der Waals surface area (Å²) < 4.78 is 6.75. The van der Waals surface area contributed by atoms with E-state index in [1.54, 1.807) is 0 Å². The zero-order chi connectivity index (χ0) is 19.4. The van der Waals surface area contributed by atoms with Gasteiger partial charge in [0, 0.05) is 10.0 Å². The molecule has 0 aromatic heterocycles. The summed E-state index contributed by atoms with van der Waals surface area (Å²) in [5.74, 6) is 0. The van der Waals surface area contributed by atoms with Gasteiger partial charge in [0.1, 0.15) is 0 Å². The molecule has 0 radical (unpaired) electrons. The number of hydrogen-bond donors (Lipinski definition) is 1. The van der Waals surface area contributed by atoms with Crippen LogP contribution in [0, 0.1) is 0 Å². The van der Waals surface area contributed by atoms with E-state index in [0.717, 1.165) is 17.2 Å². The summed E-state index contributed by atoms with van der Waals surface area (Å²) in [6, 6.07) is 16.6. The van der Waals surface area contributed by atoms with Crippen LogP contribution in [0.1, 0.15) is 43.9 Å². The average Bonchev–Trinajstić information content (AvgIpc) is 2.58. The highest BCUT2D eigenvalue weighted by molar-refractivity contribution is 6.71. The van der Waals surface area contributed by atoms with Crippen molar-refractivity contribution in [3.05, 3.63) is 69.7 Å². The van der Waals surface area contributed by atoms with Crippen molar-refractivity contribution >= 4 is 31.5 Å². The van der Waals surface area contributed by atoms with E-state index in [1.807, 2.05) is 55.5 Å². The van der Waals surface area contributed by atoms with Crippen molar-refractivity contribution in [3.63, 3.8) is 0 Å². The molecule has 0 aliphatic carbocycles. The zero-order valence-corrected chi connectivity index (χ0v) is 18.6. The van der Waals surface area contributed by atoms with Crippen LogP contribution < -0.4 is 5.73 Å². The van der Waals surface area contributed by atoms with Gasteiger partial charge in [0.05, 0.1) is 11.6 Å². The quantitative estimate of drug-likeness (QED) is 0.479. The topological polar surface area (TPSA) is 35.2 Å². The largest absolute Gasteiger partial charge is 0.408 e. The summed E-state index contributed by atoms with van der Waals surface area (Å²) in [6.45, 7) is 8.75. The number of nitrogens with two attached hydrogens (primary N) is 1. The molecule has 142 valence electrons. The Hall–Kier alpha value is -0.843. The molecule has 26 heavy (non-hydrogen) atoms. The third kappa shape index (κ3) is 5.58. The Labute approximate surface area is 168 Å². The molecule has 0 saturated heterocycles. The van der Waals surface area contributed by atoms with Crippen LogP contribution in [0.2, 0.25) is 29.2 Å². The van der Waals surface area contributed by atoms with E-state index in [-0.39, 0.29) is 6.10 Å². The number of unbranched alkanes of at least 4 members (excludes halogenated alkanes) is 1. The van der Waals surface area contributed by atoms with E-state index >= 15 is 0 Å². The Morgan fingerprint density at radius 3 is 2.31 bits per heavy atom. The second kappa shape index (κ2) is 8.90. The monoisotopic (exact) mass is 409 g/mol. The maximum atomic E-state index is 6.86. The first-order chi connectivity index (χ1) is 12.2. The minimum Gasteiger partial charge on any atom is -0.408 e. The molecular formula is C21H29Cl2NOSi. The fourth-order valence-corrected chi connectivity index (χ4v) is 5.81. The lowest BCUT2D eigenvalue weighted by Crippen LogP contribution is -2.46. The van der Waals surface area contributed by atoms with E-state index in [1.165, 1.54) is 12.8 Å². The highest BCUT2D eigenvalue weighted by Crippen LogP contribution is 2.39. The van der Waals surface area contributed by atoms with Crippen molar-refractivity contribution in [1.82, 2.24) is 0 Å². The number of rotatable bonds is 8. The first-order valence-corrected chi connectivity index (χ1v) is 13.0. The van der Waals surface area contributed by atoms with Crippen molar-refractivity contribution in [2.75, 3.05) is 0 Å². The van der Waals surface area contributed by atoms with E-state index in [0.29, 0.717) is 10.0 Å². The Bertz CT molecular complexity index is 716. The van der Waals surface area contributed by atoms with Crippen LogP contribution in [0.3, 0.4) is 0 Å². The van der Waals surface area contributed by atoms with E-state index in [9.17, 15) is 0 Å². The molecule has 2 nitrogen and oxygen atoms in total. The van der Waals surface area contributed by atoms with Gasteiger partial charge in [0.25, 0.3) is 0 Å². The molecule has 0 fully saturated rings. The molecule has 2 N–H and O–H groups in total. The van der Waals surface area contributed by atoms with Crippen molar-refractivity contribution in [1.29, 1.82) is 0 Å². The highest BCUT2D eigenvalue weighted by Gasteiger charge is 2.38. The highest BCUT2D eigenvalue weighted by atomic mass is 35.5. The van der Waals surface area contributed by atoms with Crippen LogP contribution >= 0.6 is 23.2 Å². The number of hydrogen-bond acceptors (Lipinski definition) is 2. The van der Waals surface area contributed by atoms with Gasteiger partial charge in [-0.2, -0.15) is 0 Å². The van der Waals surface area contributed by atoms with Gasteiger partial charge in [-0.15, -0.1) is 0 Å². The predicted octanol–water partition coefficient (Wildman–Crippen LogP) is 6.93. The lowest BCUT2D eigenvalue weighted by molar-refractivity contribution is 0.109. The van der Waals surface area contributed by atoms with Gasteiger partial charge >= 0.3 is 0 Å². The standard InChI is InChI=1S/C21H29Cl2NOSi/c1-5-6-14-26(3,4)25-20(16-8-7-9-19(23)15-16)21(2,24)17-10-12-18(22)13-11-17/h7-13,15,20H,5-6,14,24H2,1-4H3/t20-,21-/m1/s1. The van der Waals surface area contributed by atoms with E-state index in [4.69, 9.17) is 33.4 Å². The Morgan fingerprint density at radius 2 is 1.73 bits per heavy atom. The van der Waals surface area contributed by atoms with E-state index in [2.05, 4.69) is 20.0 Å². The molecule has 0 saturated carbocycles. The maximum absolute atomic E-state index is 6.86. The van der Waals surface area contributed by atoms with Gasteiger partial charge in [0.15, 0.2) is 8.32 Å². The molecule has 0 aliphatic heterocycles. The number of benzene rings is 2. The van der Waals surface area contributed by atoms with Gasteiger partial charge in [-0.05, 0) is 61.5 Å². The van der Waals surface area contributed by atoms with Crippen LogP contribution in [-0.4, -0.2) is 8.32 Å². The minimum atomic E-state index is -1.89. The van der Waals surface area contributed by atoms with Crippen LogP contribution in [0.5, 0.6) is 0 Å². The maximum Gasteiger partial charge on any atom is 0.187 e. The predicted molar refractivity (Wildman–Crippen MR) is 115 cm³/mol. The third-order valence-corrected chi connectivity index (χ3v) is 7.65. The van der Waals surface area contributed by atoms with Gasteiger partial charge in [-0.25, -0.2) is 0 Å². The summed E-state index contributed by atoms with van der Waals surface area (Å²) in [7, 11) is -1.89. The normalized spacial score (nSPS) is 15.5. The fourth-order valence-electron chi connectivity index (χ4n) is 3.15. The second-order valence-electron chi connectivity index (χ2n) is 7.71. The Kier molecular flexibility index (Phi) is 7.34. The molecule has 2 aromatic rings. The van der Waals surface area contributed by atoms with E-state index < -0.39 is 13.9 Å². The lowest BCUT2D eigenvalue weighted by atomic mass is 9.84. The molecule has 0 heterocycles. The van der Waals surface area contributed by atoms with Gasteiger partial charge < -0.3 is 10.2 Å². The first kappa shape index (κ1) is 21.5. The van der Waals surface area contributed by atoms with Crippen LogP contribution in [0.4, 0.5) is 0 Å². The van der Waals surface area contributed by atoms with Crippen LogP contribution in [-0.2, 0) is 9.96 Å². The second-order valence-corrected chi connectivity index (χ2v) is 12.8. The molecule has 0 amide bonds. The summed E-state index contributed by atoms with van der Waals surface area (Å²) in [5.41, 5.74) is 8.16. The van der Waals surface area contributed by atoms with Crippen molar-refractivity contribution in [3.8, 4) is 0 Å². The Balaban J connectivity index is 2.43. The van der Waals surface area contributed by atoms with Crippen LogP contribution in [0.25, 0.3) is 0 Å². The van der Waals surface area contributed by atoms with Gasteiger partial charge in [-0.1, -0.05) is 67.2 Å². The zero-order valence-electron chi connectivity index (χ0n) is 16.1. The number of halogens is 2. The molecule has 0 unspecified atom stereocenters. The lowest BCUT2D eigenvalue weighted by Gasteiger charge is -2.40. The van der Waals surface area contributed by atoms with Gasteiger partial charge in [-0.3, -0.25) is 0 Å². The van der Waals surface area contributed by atoms with Crippen molar-refractivity contribution in [2.24, 2.45) is 5.73 Å². The molecule has 5 heteroatoms. The molecule has 0 spiro atoms. The minimum absolute atomic E-state index is 0.277. The summed E-state index contributed by atoms with van der Waals surface area (Å²) in [5, 5.41) is 1.39. The summed E-state index contributed by atoms with van der Waals surface area (Å²) in [6.07, 6.45) is 2.06. The molecular weight excluding hydrogens is 381 g/mol. The van der Waals surface area contributed by atoms with Gasteiger partial charge in [0.2, 0.25) is 0 Å². The summed E-state index contributed by atoms with van der Waals surface area (Å²) >= 11 is 12.3. The molecule has 2 rings (SSSR count). The molecule has 2 aromatic carbocycles. The SMILES string of the molecule is CCCC[Si](C)(C)O[C@H](c1cccc(Cl)c1)[C@](C)(N)c1ccc(Cl)cc1. The summed E-state index contributed by atoms with van der Waals surface area (Å²) in [4.78, 5) is 0. The first-order valence-electron chi connectivity index (χ1n) is 9.14. The molecule has 0 bridgehead atoms.